The lowest BCUT2D eigenvalue weighted by molar-refractivity contribution is -0.219. The number of carbonyl (C=O) groups is 1. The third kappa shape index (κ3) is 3.24. The van der Waals surface area contributed by atoms with E-state index >= 15 is 0 Å². The molecule has 2 unspecified atom stereocenters. The second-order valence-corrected chi connectivity index (χ2v) is 3.85. The fourth-order valence-corrected chi connectivity index (χ4v) is 1.73. The Morgan fingerprint density at radius 2 is 1.65 bits per heavy atom. The molecule has 0 saturated carbocycles. The van der Waals surface area contributed by atoms with Gasteiger partial charge in [0.2, 0.25) is 0 Å². The third-order valence-corrected chi connectivity index (χ3v) is 2.50. The average molecular weight is 264 g/mol. The first-order chi connectivity index (χ1) is 7.53. The molecule has 0 aromatic carbocycles. The molecule has 0 aliphatic carbocycles. The van der Waals surface area contributed by atoms with E-state index in [4.69, 9.17) is 5.73 Å². The minimum absolute atomic E-state index is 0.0637. The number of nitrogens with two attached hydrogens (primary N) is 1. The molecule has 3 nitrogen and oxygen atoms in total. The number of hydrogen-bond donors (Lipinski definition) is 1. The maximum atomic E-state index is 12.5. The standard InChI is InChI=1S/C8H10F6N2O/c9-7(10,11)5-2-1-4(15)3-16(5)6(17)8(12,13)14/h4-5H,1-3,15H2. The van der Waals surface area contributed by atoms with Crippen molar-refractivity contribution < 1.29 is 31.1 Å². The van der Waals surface area contributed by atoms with Crippen molar-refractivity contribution in [2.24, 2.45) is 5.73 Å². The molecule has 1 rings (SSSR count). The van der Waals surface area contributed by atoms with E-state index in [1.807, 2.05) is 0 Å². The van der Waals surface area contributed by atoms with Crippen molar-refractivity contribution in [2.75, 3.05) is 6.54 Å². The molecular weight excluding hydrogens is 254 g/mol. The van der Waals surface area contributed by atoms with Gasteiger partial charge in [-0.3, -0.25) is 4.79 Å². The number of halogens is 6. The van der Waals surface area contributed by atoms with Crippen LogP contribution in [0.3, 0.4) is 0 Å². The van der Waals surface area contributed by atoms with Crippen LogP contribution in [-0.2, 0) is 4.79 Å². The van der Waals surface area contributed by atoms with Gasteiger partial charge in [-0.25, -0.2) is 0 Å². The van der Waals surface area contributed by atoms with Gasteiger partial charge in [0, 0.05) is 12.6 Å². The van der Waals surface area contributed by atoms with Crippen LogP contribution in [0.15, 0.2) is 0 Å². The minimum atomic E-state index is -5.32. The Balaban J connectivity index is 2.94. The van der Waals surface area contributed by atoms with Crippen LogP contribution in [0.4, 0.5) is 26.3 Å². The first kappa shape index (κ1) is 14.1. The van der Waals surface area contributed by atoms with E-state index in [0.717, 1.165) is 0 Å². The number of rotatable bonds is 0. The molecule has 1 aliphatic rings. The number of nitrogens with zero attached hydrogens (tertiary/aromatic N) is 1. The molecule has 2 atom stereocenters. The lowest BCUT2D eigenvalue weighted by Crippen LogP contribution is -2.59. The Morgan fingerprint density at radius 3 is 2.06 bits per heavy atom. The molecule has 1 amide bonds. The van der Waals surface area contributed by atoms with Gasteiger partial charge in [-0.1, -0.05) is 0 Å². The highest BCUT2D eigenvalue weighted by atomic mass is 19.4. The van der Waals surface area contributed by atoms with Gasteiger partial charge in [0.1, 0.15) is 6.04 Å². The van der Waals surface area contributed by atoms with Crippen LogP contribution in [0, 0.1) is 0 Å². The number of hydrogen-bond acceptors (Lipinski definition) is 2. The number of alkyl halides is 6. The summed E-state index contributed by atoms with van der Waals surface area (Å²) < 4.78 is 73.8. The summed E-state index contributed by atoms with van der Waals surface area (Å²) in [6.07, 6.45) is -10.9. The van der Waals surface area contributed by atoms with Crippen molar-refractivity contribution in [3.05, 3.63) is 0 Å². The van der Waals surface area contributed by atoms with Gasteiger partial charge < -0.3 is 10.6 Å². The first-order valence-corrected chi connectivity index (χ1v) is 4.73. The summed E-state index contributed by atoms with van der Waals surface area (Å²) in [7, 11) is 0. The predicted molar refractivity (Wildman–Crippen MR) is 44.8 cm³/mol. The van der Waals surface area contributed by atoms with Gasteiger partial charge >= 0.3 is 18.3 Å². The van der Waals surface area contributed by atoms with Crippen LogP contribution in [0.1, 0.15) is 12.8 Å². The molecule has 1 fully saturated rings. The molecule has 1 aliphatic heterocycles. The zero-order valence-corrected chi connectivity index (χ0v) is 8.48. The number of likely N-dealkylation sites (tertiary alicyclic amines) is 1. The molecule has 1 heterocycles. The van der Waals surface area contributed by atoms with Crippen LogP contribution >= 0.6 is 0 Å². The first-order valence-electron chi connectivity index (χ1n) is 4.73. The summed E-state index contributed by atoms with van der Waals surface area (Å²) >= 11 is 0. The number of piperidine rings is 1. The quantitative estimate of drug-likeness (QED) is 0.673. The lowest BCUT2D eigenvalue weighted by Gasteiger charge is -2.39. The maximum absolute atomic E-state index is 12.5. The Bertz CT molecular complexity index is 299. The Kier molecular flexibility index (Phi) is 3.60. The fourth-order valence-electron chi connectivity index (χ4n) is 1.73. The van der Waals surface area contributed by atoms with Gasteiger partial charge in [0.15, 0.2) is 0 Å². The van der Waals surface area contributed by atoms with E-state index in [-0.39, 0.29) is 11.3 Å². The number of carbonyl (C=O) groups excluding carboxylic acids is 1. The molecular formula is C8H10F6N2O. The summed E-state index contributed by atoms with van der Waals surface area (Å²) in [5.41, 5.74) is 5.28. The molecule has 17 heavy (non-hydrogen) atoms. The van der Waals surface area contributed by atoms with E-state index in [2.05, 4.69) is 0 Å². The smallest absolute Gasteiger partial charge is 0.326 e. The lowest BCUT2D eigenvalue weighted by atomic mass is 9.98. The van der Waals surface area contributed by atoms with Gasteiger partial charge in [-0.2, -0.15) is 26.3 Å². The van der Waals surface area contributed by atoms with Gasteiger partial charge in [-0.05, 0) is 12.8 Å². The Hall–Kier alpha value is -0.990. The summed E-state index contributed by atoms with van der Waals surface area (Å²) in [6, 6.07) is -3.27. The summed E-state index contributed by atoms with van der Waals surface area (Å²) in [5, 5.41) is 0. The summed E-state index contributed by atoms with van der Waals surface area (Å²) in [4.78, 5) is 10.6. The molecule has 0 radical (unpaired) electrons. The molecule has 9 heteroatoms. The van der Waals surface area contributed by atoms with Crippen molar-refractivity contribution in [3.63, 3.8) is 0 Å². The maximum Gasteiger partial charge on any atom is 0.471 e. The van der Waals surface area contributed by atoms with E-state index in [1.54, 1.807) is 0 Å². The molecule has 0 aromatic heterocycles. The van der Waals surface area contributed by atoms with E-state index in [0.29, 0.717) is 0 Å². The van der Waals surface area contributed by atoms with Gasteiger partial charge in [-0.15, -0.1) is 0 Å². The Morgan fingerprint density at radius 1 is 1.12 bits per heavy atom. The van der Waals surface area contributed by atoms with Crippen molar-refractivity contribution in [1.82, 2.24) is 4.90 Å². The molecule has 0 aromatic rings. The average Bonchev–Trinajstić information content (AvgIpc) is 2.13. The largest absolute Gasteiger partial charge is 0.471 e. The predicted octanol–water partition coefficient (Wildman–Crippen LogP) is 1.43. The highest BCUT2D eigenvalue weighted by Crippen LogP contribution is 2.34. The SMILES string of the molecule is NC1CCC(C(F)(F)F)N(C(=O)C(F)(F)F)C1. The minimum Gasteiger partial charge on any atom is -0.326 e. The topological polar surface area (TPSA) is 46.3 Å². The van der Waals surface area contributed by atoms with Crippen LogP contribution in [0.2, 0.25) is 0 Å². The zero-order chi connectivity index (χ0) is 13.4. The highest BCUT2D eigenvalue weighted by Gasteiger charge is 2.53. The normalized spacial score (nSPS) is 27.1. The molecule has 0 spiro atoms. The zero-order valence-electron chi connectivity index (χ0n) is 8.48. The second kappa shape index (κ2) is 4.35. The van der Waals surface area contributed by atoms with Crippen LogP contribution in [-0.4, -0.2) is 41.8 Å². The Labute approximate surface area is 92.5 Å². The van der Waals surface area contributed by atoms with E-state index < -0.39 is 43.3 Å². The van der Waals surface area contributed by atoms with Crippen molar-refractivity contribution in [1.29, 1.82) is 0 Å². The van der Waals surface area contributed by atoms with Crippen molar-refractivity contribution in [3.8, 4) is 0 Å². The summed E-state index contributed by atoms with van der Waals surface area (Å²) in [6.45, 7) is -0.734. The fraction of sp³-hybridized carbons (Fsp3) is 0.875. The van der Waals surface area contributed by atoms with E-state index in [9.17, 15) is 31.1 Å². The van der Waals surface area contributed by atoms with Crippen molar-refractivity contribution in [2.45, 2.75) is 37.3 Å². The number of amides is 1. The van der Waals surface area contributed by atoms with Gasteiger partial charge in [0.05, 0.1) is 0 Å². The molecule has 2 N–H and O–H groups in total. The van der Waals surface area contributed by atoms with Crippen molar-refractivity contribution >= 4 is 5.91 Å². The summed E-state index contributed by atoms with van der Waals surface area (Å²) in [5.74, 6) is -2.49. The van der Waals surface area contributed by atoms with Crippen LogP contribution in [0.5, 0.6) is 0 Å². The molecule has 100 valence electrons. The molecule has 1 saturated heterocycles. The van der Waals surface area contributed by atoms with Crippen LogP contribution in [0.25, 0.3) is 0 Å². The van der Waals surface area contributed by atoms with E-state index in [1.165, 1.54) is 0 Å². The highest BCUT2D eigenvalue weighted by molar-refractivity contribution is 5.82. The second-order valence-electron chi connectivity index (χ2n) is 3.85. The van der Waals surface area contributed by atoms with Crippen LogP contribution < -0.4 is 5.73 Å². The monoisotopic (exact) mass is 264 g/mol. The van der Waals surface area contributed by atoms with Gasteiger partial charge in [0.25, 0.3) is 0 Å². The third-order valence-electron chi connectivity index (χ3n) is 2.50. The molecule has 0 bridgehead atoms.